The van der Waals surface area contributed by atoms with Crippen LogP contribution in [0.4, 0.5) is 0 Å². The van der Waals surface area contributed by atoms with E-state index in [0.717, 1.165) is 43.8 Å². The molecule has 2 atom stereocenters. The first-order valence-corrected chi connectivity index (χ1v) is 9.11. The van der Waals surface area contributed by atoms with E-state index in [0.29, 0.717) is 18.4 Å². The van der Waals surface area contributed by atoms with Crippen LogP contribution in [0.25, 0.3) is 11.0 Å². The molecule has 1 saturated heterocycles. The summed E-state index contributed by atoms with van der Waals surface area (Å²) in [5, 5.41) is 4.83. The molecule has 130 valence electrons. The quantitative estimate of drug-likeness (QED) is 0.906. The lowest BCUT2D eigenvalue weighted by Crippen LogP contribution is -2.50. The Morgan fingerprint density at radius 3 is 2.92 bits per heavy atom. The molecule has 1 fully saturated rings. The van der Waals surface area contributed by atoms with Crippen LogP contribution in [0, 0.1) is 12.8 Å². The Kier molecular flexibility index (Phi) is 5.24. The molecular weight excluding hydrogens is 300 g/mol. The van der Waals surface area contributed by atoms with Gasteiger partial charge in [-0.15, -0.1) is 0 Å². The highest BCUT2D eigenvalue weighted by Gasteiger charge is 2.29. The van der Waals surface area contributed by atoms with Gasteiger partial charge in [0.25, 0.3) is 0 Å². The molecule has 4 nitrogen and oxygen atoms in total. The maximum absolute atomic E-state index is 11.9. The van der Waals surface area contributed by atoms with Crippen LogP contribution in [0.5, 0.6) is 0 Å². The van der Waals surface area contributed by atoms with Crippen molar-refractivity contribution in [2.24, 2.45) is 5.92 Å². The zero-order valence-corrected chi connectivity index (χ0v) is 15.0. The number of aryl methyl sites for hydroxylation is 1. The van der Waals surface area contributed by atoms with Crippen LogP contribution in [0.2, 0.25) is 0 Å². The Hall–Kier alpha value is -1.81. The summed E-state index contributed by atoms with van der Waals surface area (Å²) in [5.74, 6) is 1.78. The Morgan fingerprint density at radius 2 is 2.17 bits per heavy atom. The summed E-state index contributed by atoms with van der Waals surface area (Å²) >= 11 is 0. The molecule has 1 N–H and O–H groups in total. The highest BCUT2D eigenvalue weighted by molar-refractivity contribution is 5.78. The average Bonchev–Trinajstić information content (AvgIpc) is 3.01. The number of carbonyl (C=O) groups is 1. The molecular formula is C20H28N2O2. The van der Waals surface area contributed by atoms with Crippen molar-refractivity contribution >= 4 is 16.9 Å². The lowest BCUT2D eigenvalue weighted by molar-refractivity contribution is -0.133. The zero-order chi connectivity index (χ0) is 17.1. The molecule has 2 heterocycles. The van der Waals surface area contributed by atoms with Gasteiger partial charge >= 0.3 is 0 Å². The second-order valence-electron chi connectivity index (χ2n) is 6.89. The molecule has 0 bridgehead atoms. The largest absolute Gasteiger partial charge is 0.460 e. The predicted molar refractivity (Wildman–Crippen MR) is 96.8 cm³/mol. The van der Waals surface area contributed by atoms with Crippen molar-refractivity contribution in [2.75, 3.05) is 13.1 Å². The number of nitrogens with one attached hydrogen (secondary N) is 1. The molecule has 1 amide bonds. The molecule has 0 spiro atoms. The first kappa shape index (κ1) is 17.0. The van der Waals surface area contributed by atoms with Gasteiger partial charge in [0, 0.05) is 30.9 Å². The van der Waals surface area contributed by atoms with Crippen LogP contribution >= 0.6 is 0 Å². The number of rotatable bonds is 5. The van der Waals surface area contributed by atoms with Crippen LogP contribution < -0.4 is 5.32 Å². The Balaban J connectivity index is 1.61. The van der Waals surface area contributed by atoms with Gasteiger partial charge in [-0.3, -0.25) is 4.79 Å². The number of furan rings is 1. The van der Waals surface area contributed by atoms with E-state index in [-0.39, 0.29) is 5.91 Å². The van der Waals surface area contributed by atoms with E-state index in [1.807, 2.05) is 17.9 Å². The van der Waals surface area contributed by atoms with Crippen molar-refractivity contribution in [3.8, 4) is 0 Å². The molecule has 1 aromatic heterocycles. The fourth-order valence-electron chi connectivity index (χ4n) is 3.70. The highest BCUT2D eigenvalue weighted by atomic mass is 16.3. The summed E-state index contributed by atoms with van der Waals surface area (Å²) in [5.41, 5.74) is 2.20. The van der Waals surface area contributed by atoms with Gasteiger partial charge in [0.15, 0.2) is 0 Å². The van der Waals surface area contributed by atoms with Crippen molar-refractivity contribution in [2.45, 2.75) is 52.6 Å². The maximum atomic E-state index is 11.9. The van der Waals surface area contributed by atoms with E-state index >= 15 is 0 Å². The summed E-state index contributed by atoms with van der Waals surface area (Å²) < 4.78 is 5.93. The van der Waals surface area contributed by atoms with E-state index in [1.54, 1.807) is 0 Å². The van der Waals surface area contributed by atoms with Crippen LogP contribution in [0.1, 0.15) is 44.4 Å². The third-order valence-electron chi connectivity index (χ3n) is 5.17. The number of likely N-dealkylation sites (tertiary alicyclic amines) is 1. The van der Waals surface area contributed by atoms with E-state index < -0.39 is 0 Å². The first-order valence-electron chi connectivity index (χ1n) is 9.11. The smallest absolute Gasteiger partial charge is 0.222 e. The number of amides is 1. The molecule has 0 saturated carbocycles. The lowest BCUT2D eigenvalue weighted by Gasteiger charge is -2.38. The molecule has 0 aliphatic carbocycles. The molecule has 0 unspecified atom stereocenters. The second kappa shape index (κ2) is 7.39. The number of carbonyl (C=O) groups excluding carboxylic acids is 1. The summed E-state index contributed by atoms with van der Waals surface area (Å²) in [6.07, 6.45) is 2.71. The summed E-state index contributed by atoms with van der Waals surface area (Å²) in [6.45, 7) is 8.73. The van der Waals surface area contributed by atoms with E-state index in [2.05, 4.69) is 37.4 Å². The Bertz CT molecular complexity index is 707. The normalized spacial score (nSPS) is 21.4. The summed E-state index contributed by atoms with van der Waals surface area (Å²) in [7, 11) is 0. The average molecular weight is 328 g/mol. The number of nitrogens with zero attached hydrogens (tertiary/aromatic N) is 1. The molecule has 0 radical (unpaired) electrons. The zero-order valence-electron chi connectivity index (χ0n) is 15.0. The molecule has 1 aliphatic rings. The van der Waals surface area contributed by atoms with Crippen molar-refractivity contribution in [1.29, 1.82) is 0 Å². The van der Waals surface area contributed by atoms with Crippen LogP contribution in [0.15, 0.2) is 28.7 Å². The van der Waals surface area contributed by atoms with Crippen LogP contribution in [-0.4, -0.2) is 29.9 Å². The summed E-state index contributed by atoms with van der Waals surface area (Å²) in [6, 6.07) is 8.86. The van der Waals surface area contributed by atoms with Gasteiger partial charge in [-0.25, -0.2) is 0 Å². The van der Waals surface area contributed by atoms with E-state index in [4.69, 9.17) is 4.42 Å². The SMILES string of the molecule is CCC(=O)N1CC[C@@H](NCc2cc3cc(C)ccc3o2)[C@H](CC)C1. The molecule has 2 aromatic rings. The lowest BCUT2D eigenvalue weighted by atomic mass is 9.89. The van der Waals surface area contributed by atoms with Gasteiger partial charge in [-0.05, 0) is 37.5 Å². The number of hydrogen-bond donors (Lipinski definition) is 1. The Morgan fingerprint density at radius 1 is 1.33 bits per heavy atom. The number of hydrogen-bond acceptors (Lipinski definition) is 3. The third-order valence-corrected chi connectivity index (χ3v) is 5.17. The molecule has 3 rings (SSSR count). The number of benzene rings is 1. The third kappa shape index (κ3) is 3.64. The van der Waals surface area contributed by atoms with Gasteiger partial charge in [0.1, 0.15) is 11.3 Å². The van der Waals surface area contributed by atoms with Gasteiger partial charge in [-0.1, -0.05) is 31.9 Å². The van der Waals surface area contributed by atoms with E-state index in [9.17, 15) is 4.79 Å². The van der Waals surface area contributed by atoms with Gasteiger partial charge in [0.2, 0.25) is 5.91 Å². The predicted octanol–water partition coefficient (Wildman–Crippen LogP) is 3.87. The fraction of sp³-hybridized carbons (Fsp3) is 0.550. The molecule has 24 heavy (non-hydrogen) atoms. The van der Waals surface area contributed by atoms with Gasteiger partial charge in [0.05, 0.1) is 6.54 Å². The minimum Gasteiger partial charge on any atom is -0.460 e. The van der Waals surface area contributed by atoms with Gasteiger partial charge in [-0.2, -0.15) is 0 Å². The van der Waals surface area contributed by atoms with Gasteiger partial charge < -0.3 is 14.6 Å². The van der Waals surface area contributed by atoms with Crippen molar-refractivity contribution in [3.05, 3.63) is 35.6 Å². The standard InChI is InChI=1S/C20H28N2O2/c1-4-15-13-22(20(23)5-2)9-8-18(15)21-12-17-11-16-10-14(3)6-7-19(16)24-17/h6-7,10-11,15,18,21H,4-5,8-9,12-13H2,1-3H3/t15-,18-/m1/s1. The van der Waals surface area contributed by atoms with Crippen molar-refractivity contribution < 1.29 is 9.21 Å². The van der Waals surface area contributed by atoms with Crippen molar-refractivity contribution in [1.82, 2.24) is 10.2 Å². The molecule has 1 aliphatic heterocycles. The Labute approximate surface area is 144 Å². The van der Waals surface area contributed by atoms with Crippen LogP contribution in [0.3, 0.4) is 0 Å². The highest BCUT2D eigenvalue weighted by Crippen LogP contribution is 2.23. The fourth-order valence-corrected chi connectivity index (χ4v) is 3.70. The minimum absolute atomic E-state index is 0.277. The number of fused-ring (bicyclic) bond motifs is 1. The van der Waals surface area contributed by atoms with E-state index in [1.165, 1.54) is 10.9 Å². The monoisotopic (exact) mass is 328 g/mol. The topological polar surface area (TPSA) is 45.5 Å². The first-order chi connectivity index (χ1) is 11.6. The molecule has 1 aromatic carbocycles. The number of piperidine rings is 1. The summed E-state index contributed by atoms with van der Waals surface area (Å²) in [4.78, 5) is 14.0. The van der Waals surface area contributed by atoms with Crippen molar-refractivity contribution in [3.63, 3.8) is 0 Å². The minimum atomic E-state index is 0.277. The molecule has 4 heteroatoms. The van der Waals surface area contributed by atoms with Crippen LogP contribution in [-0.2, 0) is 11.3 Å². The maximum Gasteiger partial charge on any atom is 0.222 e. The second-order valence-corrected chi connectivity index (χ2v) is 6.89.